The van der Waals surface area contributed by atoms with Crippen molar-refractivity contribution < 1.29 is 41.8 Å². The highest BCUT2D eigenvalue weighted by Crippen LogP contribution is 2.34. The van der Waals surface area contributed by atoms with E-state index in [0.29, 0.717) is 0 Å². The van der Waals surface area contributed by atoms with Gasteiger partial charge in [0.05, 0.1) is 18.2 Å². The Labute approximate surface area is 157 Å². The largest absolute Gasteiger partial charge is 0.573 e. The molecule has 1 aromatic carbocycles. The summed E-state index contributed by atoms with van der Waals surface area (Å²) in [5, 5.41) is 9.11. The van der Waals surface area contributed by atoms with Crippen molar-refractivity contribution in [3.63, 3.8) is 0 Å². The highest BCUT2D eigenvalue weighted by Gasteiger charge is 2.35. The number of carboxylic acids is 1. The van der Waals surface area contributed by atoms with Crippen LogP contribution in [0.4, 0.5) is 13.2 Å². The first-order chi connectivity index (χ1) is 13.1. The minimum Gasteiger partial charge on any atom is -0.479 e. The summed E-state index contributed by atoms with van der Waals surface area (Å²) in [6.45, 7) is 1.63. The highest BCUT2D eigenvalue weighted by molar-refractivity contribution is 5.92. The SMILES string of the molecule is C[C@@H]1CN(C(=O)c2ccc(-c3ccccc3OC(F)(F)F)o2)CC(C(=O)O)O1. The standard InChI is InChI=1S/C18H16F3NO6/c1-10-8-22(9-15(26-10)17(24)25)16(23)14-7-6-12(27-14)11-4-2-3-5-13(11)28-18(19,20)21/h2-7,10,15H,8-9H2,1H3,(H,24,25)/t10-,15?/m1/s1. The summed E-state index contributed by atoms with van der Waals surface area (Å²) >= 11 is 0. The van der Waals surface area contributed by atoms with Crippen LogP contribution >= 0.6 is 0 Å². The fourth-order valence-corrected chi connectivity index (χ4v) is 2.89. The number of halogens is 3. The first-order valence-electron chi connectivity index (χ1n) is 8.26. The van der Waals surface area contributed by atoms with E-state index in [1.165, 1.54) is 35.2 Å². The quantitative estimate of drug-likeness (QED) is 0.850. The van der Waals surface area contributed by atoms with E-state index in [-0.39, 0.29) is 30.2 Å². The molecule has 0 spiro atoms. The van der Waals surface area contributed by atoms with E-state index >= 15 is 0 Å². The van der Waals surface area contributed by atoms with Crippen LogP contribution in [0.5, 0.6) is 5.75 Å². The van der Waals surface area contributed by atoms with Crippen molar-refractivity contribution in [1.82, 2.24) is 4.90 Å². The lowest BCUT2D eigenvalue weighted by Gasteiger charge is -2.34. The number of hydrogen-bond donors (Lipinski definition) is 1. The van der Waals surface area contributed by atoms with Gasteiger partial charge in [-0.25, -0.2) is 4.79 Å². The van der Waals surface area contributed by atoms with Gasteiger partial charge in [-0.1, -0.05) is 12.1 Å². The van der Waals surface area contributed by atoms with Crippen LogP contribution in [-0.2, 0) is 9.53 Å². The fourth-order valence-electron chi connectivity index (χ4n) is 2.89. The lowest BCUT2D eigenvalue weighted by atomic mass is 10.1. The molecule has 1 N–H and O–H groups in total. The van der Waals surface area contributed by atoms with Crippen molar-refractivity contribution in [3.05, 3.63) is 42.2 Å². The Hall–Kier alpha value is -3.01. The number of furan rings is 1. The summed E-state index contributed by atoms with van der Waals surface area (Å²) in [6.07, 6.45) is -6.53. The van der Waals surface area contributed by atoms with Crippen molar-refractivity contribution in [3.8, 4) is 17.1 Å². The topological polar surface area (TPSA) is 89.2 Å². The van der Waals surface area contributed by atoms with Crippen molar-refractivity contribution >= 4 is 11.9 Å². The average Bonchev–Trinajstić information content (AvgIpc) is 3.09. The van der Waals surface area contributed by atoms with Gasteiger partial charge in [-0.15, -0.1) is 13.2 Å². The van der Waals surface area contributed by atoms with Crippen LogP contribution in [0, 0.1) is 0 Å². The number of carbonyl (C=O) groups excluding carboxylic acids is 1. The maximum absolute atomic E-state index is 12.6. The Morgan fingerprint density at radius 3 is 2.57 bits per heavy atom. The molecule has 2 aromatic rings. The number of carboxylic acid groups (broad SMARTS) is 1. The van der Waals surface area contributed by atoms with Crippen molar-refractivity contribution in [2.45, 2.75) is 25.5 Å². The molecule has 1 saturated heterocycles. The molecule has 1 aliphatic heterocycles. The molecule has 0 bridgehead atoms. The number of rotatable bonds is 4. The van der Waals surface area contributed by atoms with Crippen LogP contribution in [0.15, 0.2) is 40.8 Å². The Balaban J connectivity index is 1.83. The smallest absolute Gasteiger partial charge is 0.479 e. The van der Waals surface area contributed by atoms with Gasteiger partial charge < -0.3 is 23.9 Å². The molecule has 1 unspecified atom stereocenters. The van der Waals surface area contributed by atoms with Crippen molar-refractivity contribution in [2.24, 2.45) is 0 Å². The number of carbonyl (C=O) groups is 2. The molecular formula is C18H16F3NO6. The molecule has 10 heteroatoms. The second kappa shape index (κ2) is 7.55. The number of aliphatic carboxylic acids is 1. The lowest BCUT2D eigenvalue weighted by Crippen LogP contribution is -2.51. The molecule has 150 valence electrons. The first kappa shape index (κ1) is 19.7. The molecule has 3 rings (SSSR count). The molecule has 2 heterocycles. The molecule has 0 saturated carbocycles. The number of alkyl halides is 3. The molecule has 1 aromatic heterocycles. The molecule has 1 fully saturated rings. The predicted molar refractivity (Wildman–Crippen MR) is 88.7 cm³/mol. The summed E-state index contributed by atoms with van der Waals surface area (Å²) in [7, 11) is 0. The van der Waals surface area contributed by atoms with E-state index in [2.05, 4.69) is 4.74 Å². The minimum absolute atomic E-state index is 0.0132. The molecule has 1 aliphatic rings. The zero-order valence-corrected chi connectivity index (χ0v) is 14.6. The van der Waals surface area contributed by atoms with E-state index in [1.54, 1.807) is 6.92 Å². The summed E-state index contributed by atoms with van der Waals surface area (Å²) < 4.78 is 52.4. The normalized spacial score (nSPS) is 20.1. The second-order valence-electron chi connectivity index (χ2n) is 6.19. The van der Waals surface area contributed by atoms with E-state index in [4.69, 9.17) is 14.3 Å². The maximum Gasteiger partial charge on any atom is 0.573 e. The van der Waals surface area contributed by atoms with E-state index < -0.39 is 36.2 Å². The third-order valence-electron chi connectivity index (χ3n) is 4.02. The summed E-state index contributed by atoms with van der Waals surface area (Å²) in [6, 6.07) is 8.05. The number of benzene rings is 1. The van der Waals surface area contributed by atoms with Gasteiger partial charge in [0.2, 0.25) is 0 Å². The number of ether oxygens (including phenoxy) is 2. The lowest BCUT2D eigenvalue weighted by molar-refractivity contribution is -0.274. The molecular weight excluding hydrogens is 383 g/mol. The molecule has 1 amide bonds. The van der Waals surface area contributed by atoms with Crippen LogP contribution in [0.25, 0.3) is 11.3 Å². The molecule has 0 aliphatic carbocycles. The minimum atomic E-state index is -4.88. The number of para-hydroxylation sites is 1. The third-order valence-corrected chi connectivity index (χ3v) is 4.02. The second-order valence-corrected chi connectivity index (χ2v) is 6.19. The van der Waals surface area contributed by atoms with Crippen molar-refractivity contribution in [2.75, 3.05) is 13.1 Å². The molecule has 0 radical (unpaired) electrons. The Kier molecular flexibility index (Phi) is 5.32. The van der Waals surface area contributed by atoms with E-state index in [0.717, 1.165) is 6.07 Å². The van der Waals surface area contributed by atoms with Crippen LogP contribution in [0.1, 0.15) is 17.5 Å². The zero-order valence-electron chi connectivity index (χ0n) is 14.6. The van der Waals surface area contributed by atoms with Gasteiger partial charge in [0, 0.05) is 6.54 Å². The van der Waals surface area contributed by atoms with Gasteiger partial charge in [0.1, 0.15) is 11.5 Å². The monoisotopic (exact) mass is 399 g/mol. The van der Waals surface area contributed by atoms with Crippen LogP contribution in [-0.4, -0.2) is 53.5 Å². The van der Waals surface area contributed by atoms with Crippen LogP contribution < -0.4 is 4.74 Å². The predicted octanol–water partition coefficient (Wildman–Crippen LogP) is 3.16. The summed E-state index contributed by atoms with van der Waals surface area (Å²) in [5.41, 5.74) is 0.0256. The number of amides is 1. The summed E-state index contributed by atoms with van der Waals surface area (Å²) in [4.78, 5) is 25.1. The van der Waals surface area contributed by atoms with Gasteiger partial charge >= 0.3 is 12.3 Å². The maximum atomic E-state index is 12.6. The van der Waals surface area contributed by atoms with Gasteiger partial charge in [-0.2, -0.15) is 0 Å². The highest BCUT2D eigenvalue weighted by atomic mass is 19.4. The van der Waals surface area contributed by atoms with Gasteiger partial charge in [0.25, 0.3) is 5.91 Å². The fraction of sp³-hybridized carbons (Fsp3) is 0.333. The van der Waals surface area contributed by atoms with E-state index in [9.17, 15) is 22.8 Å². The zero-order chi connectivity index (χ0) is 20.5. The van der Waals surface area contributed by atoms with Gasteiger partial charge in [-0.3, -0.25) is 4.79 Å². The van der Waals surface area contributed by atoms with Gasteiger partial charge in [0.15, 0.2) is 11.9 Å². The number of morpholine rings is 1. The molecule has 2 atom stereocenters. The third kappa shape index (κ3) is 4.45. The van der Waals surface area contributed by atoms with Crippen molar-refractivity contribution in [1.29, 1.82) is 0 Å². The first-order valence-corrected chi connectivity index (χ1v) is 8.26. The number of nitrogens with zero attached hydrogens (tertiary/aromatic N) is 1. The van der Waals surface area contributed by atoms with Crippen LogP contribution in [0.3, 0.4) is 0 Å². The average molecular weight is 399 g/mol. The van der Waals surface area contributed by atoms with Gasteiger partial charge in [-0.05, 0) is 31.2 Å². The Morgan fingerprint density at radius 2 is 1.89 bits per heavy atom. The van der Waals surface area contributed by atoms with Crippen LogP contribution in [0.2, 0.25) is 0 Å². The number of hydrogen-bond acceptors (Lipinski definition) is 5. The molecule has 7 nitrogen and oxygen atoms in total. The Bertz CT molecular complexity index is 878. The van der Waals surface area contributed by atoms with E-state index in [1.807, 2.05) is 0 Å². The molecule has 28 heavy (non-hydrogen) atoms. The summed E-state index contributed by atoms with van der Waals surface area (Å²) in [5.74, 6) is -2.35. The Morgan fingerprint density at radius 1 is 1.18 bits per heavy atom.